The van der Waals surface area contributed by atoms with Crippen LogP contribution in [0.15, 0.2) is 4.99 Å². The molecule has 2 rings (SSSR count). The molecule has 0 saturated carbocycles. The number of nitrogens with one attached hydrogen (secondary N) is 1. The van der Waals surface area contributed by atoms with E-state index in [-0.39, 0.29) is 0 Å². The third-order valence-corrected chi connectivity index (χ3v) is 4.74. The van der Waals surface area contributed by atoms with Crippen molar-refractivity contribution in [2.45, 2.75) is 39.3 Å². The van der Waals surface area contributed by atoms with Crippen LogP contribution in [0.3, 0.4) is 0 Å². The monoisotopic (exact) mass is 326 g/mol. The maximum atomic E-state index is 5.53. The third kappa shape index (κ3) is 5.62. The minimum absolute atomic E-state index is 0.436. The Morgan fingerprint density at radius 1 is 1.35 bits per heavy atom. The van der Waals surface area contributed by atoms with Crippen molar-refractivity contribution in [2.75, 3.05) is 59.7 Å². The van der Waals surface area contributed by atoms with Crippen LogP contribution < -0.4 is 5.32 Å². The van der Waals surface area contributed by atoms with Crippen LogP contribution in [-0.2, 0) is 9.47 Å². The van der Waals surface area contributed by atoms with Gasteiger partial charge in [-0.2, -0.15) is 0 Å². The number of nitrogens with zero attached hydrogens (tertiary/aromatic N) is 3. The molecule has 0 bridgehead atoms. The number of rotatable bonds is 6. The van der Waals surface area contributed by atoms with Gasteiger partial charge in [-0.05, 0) is 27.2 Å². The molecule has 3 unspecified atom stereocenters. The molecule has 134 valence electrons. The van der Waals surface area contributed by atoms with Crippen LogP contribution in [0, 0.1) is 5.92 Å². The Bertz CT molecular complexity index is 372. The van der Waals surface area contributed by atoms with Gasteiger partial charge < -0.3 is 19.7 Å². The van der Waals surface area contributed by atoms with Gasteiger partial charge in [0.1, 0.15) is 0 Å². The number of aliphatic imine (C=N–C) groups is 1. The number of guanidine groups is 1. The Labute approximate surface area is 141 Å². The van der Waals surface area contributed by atoms with Crippen LogP contribution in [-0.4, -0.2) is 87.5 Å². The molecule has 0 spiro atoms. The second-order valence-electron chi connectivity index (χ2n) is 6.82. The minimum Gasteiger partial charge on any atom is -0.381 e. The molecule has 1 N–H and O–H groups in total. The quantitative estimate of drug-likeness (QED) is 0.584. The Hall–Kier alpha value is -0.850. The van der Waals surface area contributed by atoms with Gasteiger partial charge in [0.2, 0.25) is 0 Å². The zero-order chi connectivity index (χ0) is 16.7. The molecule has 6 heteroatoms. The summed E-state index contributed by atoms with van der Waals surface area (Å²) < 4.78 is 11.0. The van der Waals surface area contributed by atoms with Crippen molar-refractivity contribution < 1.29 is 9.47 Å². The van der Waals surface area contributed by atoms with Crippen LogP contribution in [0.2, 0.25) is 0 Å². The Morgan fingerprint density at radius 2 is 2.13 bits per heavy atom. The lowest BCUT2D eigenvalue weighted by Gasteiger charge is -2.37. The van der Waals surface area contributed by atoms with Gasteiger partial charge in [0, 0.05) is 51.3 Å². The molecule has 23 heavy (non-hydrogen) atoms. The highest BCUT2D eigenvalue weighted by Gasteiger charge is 2.24. The van der Waals surface area contributed by atoms with E-state index in [1.165, 1.54) is 0 Å². The van der Waals surface area contributed by atoms with Gasteiger partial charge in [0.15, 0.2) is 5.96 Å². The van der Waals surface area contributed by atoms with Crippen molar-refractivity contribution in [1.29, 1.82) is 0 Å². The molecule has 0 radical (unpaired) electrons. The van der Waals surface area contributed by atoms with Crippen LogP contribution in [0.4, 0.5) is 0 Å². The van der Waals surface area contributed by atoms with Crippen molar-refractivity contribution in [2.24, 2.45) is 10.9 Å². The second-order valence-corrected chi connectivity index (χ2v) is 6.82. The van der Waals surface area contributed by atoms with E-state index in [4.69, 9.17) is 14.5 Å². The molecular weight excluding hydrogens is 292 g/mol. The zero-order valence-corrected chi connectivity index (χ0v) is 15.3. The number of morpholine rings is 1. The maximum Gasteiger partial charge on any atom is 0.193 e. The molecular formula is C17H34N4O2. The van der Waals surface area contributed by atoms with Crippen molar-refractivity contribution in [3.63, 3.8) is 0 Å². The van der Waals surface area contributed by atoms with E-state index in [0.717, 1.165) is 65.0 Å². The number of ether oxygens (including phenoxy) is 2. The summed E-state index contributed by atoms with van der Waals surface area (Å²) in [5.41, 5.74) is 0. The van der Waals surface area contributed by atoms with E-state index < -0.39 is 0 Å². The van der Waals surface area contributed by atoms with Gasteiger partial charge >= 0.3 is 0 Å². The molecule has 0 amide bonds. The first-order chi connectivity index (χ1) is 11.1. The normalized spacial score (nSPS) is 27.9. The Kier molecular flexibility index (Phi) is 7.59. The summed E-state index contributed by atoms with van der Waals surface area (Å²) in [6.07, 6.45) is 1.16. The van der Waals surface area contributed by atoms with Crippen LogP contribution in [0.25, 0.3) is 0 Å². The highest BCUT2D eigenvalue weighted by molar-refractivity contribution is 5.79. The Balaban J connectivity index is 1.88. The largest absolute Gasteiger partial charge is 0.381 e. The van der Waals surface area contributed by atoms with Crippen molar-refractivity contribution in [1.82, 2.24) is 15.1 Å². The van der Waals surface area contributed by atoms with Crippen LogP contribution in [0.1, 0.15) is 27.2 Å². The van der Waals surface area contributed by atoms with Crippen LogP contribution in [0.5, 0.6) is 0 Å². The van der Waals surface area contributed by atoms with Gasteiger partial charge in [-0.25, -0.2) is 0 Å². The molecule has 0 aromatic heterocycles. The first-order valence-electron chi connectivity index (χ1n) is 9.02. The van der Waals surface area contributed by atoms with E-state index in [2.05, 4.69) is 42.9 Å². The molecule has 0 aliphatic carbocycles. The summed E-state index contributed by atoms with van der Waals surface area (Å²) in [6, 6.07) is 0.913. The fourth-order valence-corrected chi connectivity index (χ4v) is 3.39. The lowest BCUT2D eigenvalue weighted by atomic mass is 10.1. The molecule has 0 aromatic carbocycles. The number of hydrogen-bond acceptors (Lipinski definition) is 4. The topological polar surface area (TPSA) is 49.3 Å². The van der Waals surface area contributed by atoms with E-state index in [1.807, 2.05) is 0 Å². The first kappa shape index (κ1) is 18.5. The molecule has 2 heterocycles. The molecule has 2 fully saturated rings. The van der Waals surface area contributed by atoms with Crippen molar-refractivity contribution >= 4 is 5.96 Å². The fraction of sp³-hybridized carbons (Fsp3) is 0.941. The standard InChI is InChI=1S/C17H34N4O2/c1-5-18-17(20(4)11-16-6-8-22-13-16)19-10-14(2)21-7-9-23-12-15(21)3/h14-16H,5-13H2,1-4H3,(H,18,19). The lowest BCUT2D eigenvalue weighted by Crippen LogP contribution is -2.50. The van der Waals surface area contributed by atoms with Crippen molar-refractivity contribution in [3.8, 4) is 0 Å². The second kappa shape index (κ2) is 9.45. The molecule has 2 aliphatic heterocycles. The number of hydrogen-bond donors (Lipinski definition) is 1. The minimum atomic E-state index is 0.436. The van der Waals surface area contributed by atoms with E-state index in [1.54, 1.807) is 0 Å². The van der Waals surface area contributed by atoms with Gasteiger partial charge in [0.05, 0.1) is 26.4 Å². The summed E-state index contributed by atoms with van der Waals surface area (Å²) in [5.74, 6) is 1.63. The van der Waals surface area contributed by atoms with Crippen LogP contribution >= 0.6 is 0 Å². The highest BCUT2D eigenvalue weighted by Crippen LogP contribution is 2.14. The van der Waals surface area contributed by atoms with Gasteiger partial charge in [0.25, 0.3) is 0 Å². The lowest BCUT2D eigenvalue weighted by molar-refractivity contribution is -0.0166. The summed E-state index contributed by atoms with van der Waals surface area (Å²) >= 11 is 0. The van der Waals surface area contributed by atoms with E-state index in [0.29, 0.717) is 18.0 Å². The van der Waals surface area contributed by atoms with Gasteiger partial charge in [-0.1, -0.05) is 0 Å². The fourth-order valence-electron chi connectivity index (χ4n) is 3.39. The SMILES string of the molecule is CCNC(=NCC(C)N1CCOCC1C)N(C)CC1CCOC1. The van der Waals surface area contributed by atoms with Crippen molar-refractivity contribution in [3.05, 3.63) is 0 Å². The molecule has 2 aliphatic rings. The smallest absolute Gasteiger partial charge is 0.193 e. The summed E-state index contributed by atoms with van der Waals surface area (Å²) in [7, 11) is 2.13. The first-order valence-corrected chi connectivity index (χ1v) is 9.02. The average Bonchev–Trinajstić information content (AvgIpc) is 3.04. The van der Waals surface area contributed by atoms with E-state index in [9.17, 15) is 0 Å². The van der Waals surface area contributed by atoms with E-state index >= 15 is 0 Å². The Morgan fingerprint density at radius 3 is 2.78 bits per heavy atom. The predicted molar refractivity (Wildman–Crippen MR) is 94.0 cm³/mol. The summed E-state index contributed by atoms with van der Waals surface area (Å²) in [5, 5.41) is 3.42. The highest BCUT2D eigenvalue weighted by atomic mass is 16.5. The molecule has 0 aromatic rings. The molecule has 2 saturated heterocycles. The third-order valence-electron chi connectivity index (χ3n) is 4.74. The molecule has 6 nitrogen and oxygen atoms in total. The molecule has 3 atom stereocenters. The summed E-state index contributed by atoms with van der Waals surface area (Å²) in [4.78, 5) is 9.62. The van der Waals surface area contributed by atoms with Gasteiger partial charge in [-0.15, -0.1) is 0 Å². The summed E-state index contributed by atoms with van der Waals surface area (Å²) in [6.45, 7) is 13.8. The van der Waals surface area contributed by atoms with Gasteiger partial charge in [-0.3, -0.25) is 9.89 Å². The maximum absolute atomic E-state index is 5.53. The zero-order valence-electron chi connectivity index (χ0n) is 15.3. The average molecular weight is 326 g/mol. The predicted octanol–water partition coefficient (Wildman–Crippen LogP) is 1.03.